The van der Waals surface area contributed by atoms with Crippen LogP contribution in [0.2, 0.25) is 0 Å². The van der Waals surface area contributed by atoms with Gasteiger partial charge in [-0.25, -0.2) is 0 Å². The first-order valence-corrected chi connectivity index (χ1v) is 5.32. The van der Waals surface area contributed by atoms with E-state index >= 15 is 0 Å². The van der Waals surface area contributed by atoms with E-state index in [2.05, 4.69) is 25.8 Å². The van der Waals surface area contributed by atoms with Crippen molar-refractivity contribution in [2.24, 2.45) is 5.92 Å². The van der Waals surface area contributed by atoms with Gasteiger partial charge >= 0.3 is 0 Å². The second-order valence-electron chi connectivity index (χ2n) is 3.93. The van der Waals surface area contributed by atoms with Crippen molar-refractivity contribution < 1.29 is 4.79 Å². The second-order valence-corrected chi connectivity index (χ2v) is 3.93. The number of likely N-dealkylation sites (tertiary alicyclic amines) is 1. The Balaban J connectivity index is 0.000000223. The zero-order valence-electron chi connectivity index (χ0n) is 9.25. The van der Waals surface area contributed by atoms with E-state index in [1.165, 1.54) is 25.9 Å². The number of nitrogens with zero attached hydrogens (tertiary/aromatic N) is 1. The summed E-state index contributed by atoms with van der Waals surface area (Å²) in [5, 5.41) is 0. The maximum atomic E-state index is 9.77. The van der Waals surface area contributed by atoms with Crippen LogP contribution in [-0.4, -0.2) is 31.3 Å². The molecular formula is C11H23NO. The van der Waals surface area contributed by atoms with Crippen LogP contribution < -0.4 is 0 Å². The van der Waals surface area contributed by atoms with E-state index in [0.29, 0.717) is 5.92 Å². The average molecular weight is 185 g/mol. The summed E-state index contributed by atoms with van der Waals surface area (Å²) in [6.45, 7) is 6.81. The molecule has 0 saturated carbocycles. The third-order valence-electron chi connectivity index (χ3n) is 2.53. The molecule has 0 aromatic carbocycles. The molecule has 0 N–H and O–H groups in total. The van der Waals surface area contributed by atoms with E-state index < -0.39 is 0 Å². The standard InChI is InChI=1S/C6H12O.C5H11N/c1-3-6(2)4-5-7;1-6-4-2-3-5-6/h5-6H,3-4H2,1-2H3;2-5H2,1H3. The lowest BCUT2D eigenvalue weighted by atomic mass is 10.1. The predicted octanol–water partition coefficient (Wildman–Crippen LogP) is 2.33. The summed E-state index contributed by atoms with van der Waals surface area (Å²) in [7, 11) is 2.17. The van der Waals surface area contributed by atoms with Crippen LogP contribution in [0.3, 0.4) is 0 Å². The van der Waals surface area contributed by atoms with Gasteiger partial charge in [-0.1, -0.05) is 20.3 Å². The van der Waals surface area contributed by atoms with Gasteiger partial charge in [-0.15, -0.1) is 0 Å². The average Bonchev–Trinajstić information content (AvgIpc) is 2.57. The summed E-state index contributed by atoms with van der Waals surface area (Å²) < 4.78 is 0. The normalized spacial score (nSPS) is 19.0. The molecule has 1 saturated heterocycles. The molecule has 0 spiro atoms. The molecule has 0 aromatic rings. The van der Waals surface area contributed by atoms with Crippen LogP contribution in [0.5, 0.6) is 0 Å². The number of aldehydes is 1. The first-order chi connectivity index (χ1) is 6.20. The van der Waals surface area contributed by atoms with Gasteiger partial charge in [0.1, 0.15) is 6.29 Å². The van der Waals surface area contributed by atoms with E-state index in [4.69, 9.17) is 0 Å². The molecular weight excluding hydrogens is 162 g/mol. The van der Waals surface area contributed by atoms with E-state index in [1.807, 2.05) is 0 Å². The predicted molar refractivity (Wildman–Crippen MR) is 56.9 cm³/mol. The summed E-state index contributed by atoms with van der Waals surface area (Å²) in [6, 6.07) is 0. The molecule has 0 aliphatic carbocycles. The fourth-order valence-electron chi connectivity index (χ4n) is 1.21. The molecule has 0 amide bonds. The molecule has 1 fully saturated rings. The molecule has 1 heterocycles. The third-order valence-corrected chi connectivity index (χ3v) is 2.53. The SMILES string of the molecule is CCC(C)CC=O.CN1CCCC1. The van der Waals surface area contributed by atoms with Crippen molar-refractivity contribution in [2.45, 2.75) is 39.5 Å². The molecule has 2 nitrogen and oxygen atoms in total. The topological polar surface area (TPSA) is 20.3 Å². The molecule has 0 bridgehead atoms. The van der Waals surface area contributed by atoms with Gasteiger partial charge in [0.15, 0.2) is 0 Å². The Kier molecular flexibility index (Phi) is 8.00. The first-order valence-electron chi connectivity index (χ1n) is 5.32. The van der Waals surface area contributed by atoms with Gasteiger partial charge in [-0.3, -0.25) is 0 Å². The van der Waals surface area contributed by atoms with Crippen LogP contribution in [0.15, 0.2) is 0 Å². The van der Waals surface area contributed by atoms with Crippen molar-refractivity contribution in [1.29, 1.82) is 0 Å². The molecule has 0 radical (unpaired) electrons. The third kappa shape index (κ3) is 7.97. The van der Waals surface area contributed by atoms with E-state index in [0.717, 1.165) is 19.1 Å². The summed E-state index contributed by atoms with van der Waals surface area (Å²) >= 11 is 0. The number of carbonyl (C=O) groups excluding carboxylic acids is 1. The lowest BCUT2D eigenvalue weighted by Gasteiger charge is -2.01. The minimum absolute atomic E-state index is 0.581. The van der Waals surface area contributed by atoms with Crippen molar-refractivity contribution >= 4 is 6.29 Å². The van der Waals surface area contributed by atoms with E-state index in [1.54, 1.807) is 0 Å². The molecule has 0 aromatic heterocycles. The Morgan fingerprint density at radius 3 is 2.08 bits per heavy atom. The van der Waals surface area contributed by atoms with Crippen LogP contribution in [0.4, 0.5) is 0 Å². The highest BCUT2D eigenvalue weighted by molar-refractivity contribution is 5.49. The number of rotatable bonds is 3. The van der Waals surface area contributed by atoms with Gasteiger partial charge in [0.05, 0.1) is 0 Å². The highest BCUT2D eigenvalue weighted by atomic mass is 16.1. The van der Waals surface area contributed by atoms with Crippen molar-refractivity contribution in [2.75, 3.05) is 20.1 Å². The Bertz CT molecular complexity index is 119. The summed E-state index contributed by atoms with van der Waals surface area (Å²) in [4.78, 5) is 12.1. The van der Waals surface area contributed by atoms with Crippen LogP contribution in [-0.2, 0) is 4.79 Å². The molecule has 1 aliphatic heterocycles. The monoisotopic (exact) mass is 185 g/mol. The minimum Gasteiger partial charge on any atom is -0.306 e. The van der Waals surface area contributed by atoms with Gasteiger partial charge in [0.25, 0.3) is 0 Å². The maximum Gasteiger partial charge on any atom is 0.120 e. The molecule has 1 unspecified atom stereocenters. The van der Waals surface area contributed by atoms with Crippen molar-refractivity contribution in [3.8, 4) is 0 Å². The van der Waals surface area contributed by atoms with Crippen LogP contribution >= 0.6 is 0 Å². The summed E-state index contributed by atoms with van der Waals surface area (Å²) in [6.07, 6.45) is 5.64. The Labute approximate surface area is 82.3 Å². The minimum atomic E-state index is 0.581. The van der Waals surface area contributed by atoms with Gasteiger partial charge in [-0.2, -0.15) is 0 Å². The Morgan fingerprint density at radius 1 is 1.38 bits per heavy atom. The van der Waals surface area contributed by atoms with Crippen LogP contribution in [0, 0.1) is 5.92 Å². The molecule has 1 aliphatic rings. The second kappa shape index (κ2) is 8.24. The van der Waals surface area contributed by atoms with Crippen molar-refractivity contribution in [3.05, 3.63) is 0 Å². The highest BCUT2D eigenvalue weighted by Gasteiger charge is 2.03. The smallest absolute Gasteiger partial charge is 0.120 e. The lowest BCUT2D eigenvalue weighted by Crippen LogP contribution is -2.10. The van der Waals surface area contributed by atoms with Gasteiger partial charge in [-0.05, 0) is 38.9 Å². The van der Waals surface area contributed by atoms with Crippen molar-refractivity contribution in [1.82, 2.24) is 4.90 Å². The van der Waals surface area contributed by atoms with Gasteiger partial charge in [0, 0.05) is 6.42 Å². The fraction of sp³-hybridized carbons (Fsp3) is 0.909. The number of hydrogen-bond acceptors (Lipinski definition) is 2. The van der Waals surface area contributed by atoms with Crippen molar-refractivity contribution in [3.63, 3.8) is 0 Å². The number of carbonyl (C=O) groups is 1. The lowest BCUT2D eigenvalue weighted by molar-refractivity contribution is -0.108. The van der Waals surface area contributed by atoms with Crippen LogP contribution in [0.25, 0.3) is 0 Å². The zero-order chi connectivity index (χ0) is 10.1. The molecule has 13 heavy (non-hydrogen) atoms. The maximum absolute atomic E-state index is 9.77. The Morgan fingerprint density at radius 2 is 1.92 bits per heavy atom. The first kappa shape index (κ1) is 12.6. The van der Waals surface area contributed by atoms with Gasteiger partial charge < -0.3 is 9.69 Å². The molecule has 78 valence electrons. The Hall–Kier alpha value is -0.370. The van der Waals surface area contributed by atoms with E-state index in [-0.39, 0.29) is 0 Å². The zero-order valence-corrected chi connectivity index (χ0v) is 9.25. The van der Waals surface area contributed by atoms with Gasteiger partial charge in [0.2, 0.25) is 0 Å². The molecule has 1 rings (SSSR count). The highest BCUT2D eigenvalue weighted by Crippen LogP contribution is 2.02. The number of hydrogen-bond donors (Lipinski definition) is 0. The quantitative estimate of drug-likeness (QED) is 0.629. The van der Waals surface area contributed by atoms with E-state index in [9.17, 15) is 4.79 Å². The summed E-state index contributed by atoms with van der Waals surface area (Å²) in [5.74, 6) is 0.581. The fourth-order valence-corrected chi connectivity index (χ4v) is 1.21. The molecule has 2 heteroatoms. The summed E-state index contributed by atoms with van der Waals surface area (Å²) in [5.41, 5.74) is 0. The molecule has 1 atom stereocenters. The van der Waals surface area contributed by atoms with Crippen LogP contribution in [0.1, 0.15) is 39.5 Å². The largest absolute Gasteiger partial charge is 0.306 e.